The summed E-state index contributed by atoms with van der Waals surface area (Å²) in [5, 5.41) is 14.1. The number of halogens is 1. The molecule has 2 rings (SSSR count). The molecule has 1 amide bonds. The second kappa shape index (κ2) is 7.71. The van der Waals surface area contributed by atoms with Crippen LogP contribution in [0.25, 0.3) is 9.88 Å². The molecule has 2 aromatic rings. The fraction of sp³-hybridized carbons (Fsp3) is 0.357. The van der Waals surface area contributed by atoms with E-state index in [1.165, 1.54) is 22.7 Å². The van der Waals surface area contributed by atoms with E-state index in [2.05, 4.69) is 10.3 Å². The smallest absolute Gasteiger partial charge is 0.303 e. The number of carbonyl (C=O) groups is 2. The Balaban J connectivity index is 1.85. The molecule has 0 aliphatic heterocycles. The lowest BCUT2D eigenvalue weighted by molar-refractivity contribution is -0.138. The van der Waals surface area contributed by atoms with E-state index in [1.54, 1.807) is 6.92 Å². The summed E-state index contributed by atoms with van der Waals surface area (Å²) in [7, 11) is 0. The van der Waals surface area contributed by atoms with Crippen molar-refractivity contribution in [3.8, 4) is 9.88 Å². The van der Waals surface area contributed by atoms with Crippen molar-refractivity contribution in [3.63, 3.8) is 0 Å². The highest BCUT2D eigenvalue weighted by molar-refractivity contribution is 7.23. The minimum absolute atomic E-state index is 0.0419. The van der Waals surface area contributed by atoms with Crippen LogP contribution in [0.5, 0.6) is 0 Å². The molecule has 0 aliphatic carbocycles. The molecule has 1 atom stereocenters. The van der Waals surface area contributed by atoms with Gasteiger partial charge in [-0.05, 0) is 18.1 Å². The number of aromatic nitrogens is 1. The summed E-state index contributed by atoms with van der Waals surface area (Å²) in [5.41, 5.74) is 0.702. The van der Waals surface area contributed by atoms with Crippen molar-refractivity contribution >= 4 is 46.2 Å². The topological polar surface area (TPSA) is 79.3 Å². The molecule has 0 saturated heterocycles. The molecule has 0 aromatic carbocycles. The largest absolute Gasteiger partial charge is 0.481 e. The average Bonchev–Trinajstić information content (AvgIpc) is 3.04. The summed E-state index contributed by atoms with van der Waals surface area (Å²) < 4.78 is 0.705. The second-order valence-electron chi connectivity index (χ2n) is 4.93. The monoisotopic (exact) mass is 358 g/mol. The predicted octanol–water partition coefficient (Wildman–Crippen LogP) is 3.29. The Kier molecular flexibility index (Phi) is 5.93. The van der Waals surface area contributed by atoms with Crippen molar-refractivity contribution in [2.45, 2.75) is 19.8 Å². The number of thiazole rings is 1. The van der Waals surface area contributed by atoms with E-state index in [0.717, 1.165) is 9.88 Å². The molecule has 1 unspecified atom stereocenters. The molecule has 0 bridgehead atoms. The van der Waals surface area contributed by atoms with Crippen LogP contribution in [0.1, 0.15) is 19.0 Å². The number of nitrogens with zero attached hydrogens (tertiary/aromatic N) is 1. The van der Waals surface area contributed by atoms with Crippen LogP contribution in [0.4, 0.5) is 0 Å². The molecule has 0 radical (unpaired) electrons. The Morgan fingerprint density at radius 3 is 2.86 bits per heavy atom. The van der Waals surface area contributed by atoms with E-state index in [4.69, 9.17) is 16.7 Å². The third-order valence-corrected chi connectivity index (χ3v) is 5.14. The van der Waals surface area contributed by atoms with E-state index in [9.17, 15) is 9.59 Å². The van der Waals surface area contributed by atoms with Gasteiger partial charge in [0.2, 0.25) is 5.91 Å². The molecule has 0 fully saturated rings. The molecular formula is C14H15ClN2O3S2. The van der Waals surface area contributed by atoms with Gasteiger partial charge in [0.15, 0.2) is 0 Å². The van der Waals surface area contributed by atoms with Crippen LogP contribution in [-0.4, -0.2) is 28.5 Å². The number of rotatable bonds is 7. The molecular weight excluding hydrogens is 344 g/mol. The first-order valence-electron chi connectivity index (χ1n) is 6.62. The Labute approximate surface area is 141 Å². The number of amides is 1. The molecule has 2 heterocycles. The number of nitrogens with one attached hydrogen (secondary N) is 1. The summed E-state index contributed by atoms with van der Waals surface area (Å²) in [4.78, 5) is 27.8. The highest BCUT2D eigenvalue weighted by Crippen LogP contribution is 2.32. The van der Waals surface area contributed by atoms with Crippen LogP contribution in [-0.2, 0) is 16.0 Å². The number of carbonyl (C=O) groups excluding carboxylic acids is 1. The third kappa shape index (κ3) is 5.08. The lowest BCUT2D eigenvalue weighted by Crippen LogP contribution is -2.30. The van der Waals surface area contributed by atoms with Gasteiger partial charge in [0.25, 0.3) is 0 Å². The maximum Gasteiger partial charge on any atom is 0.303 e. The standard InChI is InChI=1S/C14H15ClN2O3S2/c1-8(4-13(19)20)6-16-12(18)5-9-7-21-14(17-9)10-2-3-11(15)22-10/h2-3,7-8H,4-6H2,1H3,(H,16,18)(H,19,20). The van der Waals surface area contributed by atoms with Gasteiger partial charge in [-0.1, -0.05) is 18.5 Å². The van der Waals surface area contributed by atoms with Crippen molar-refractivity contribution < 1.29 is 14.7 Å². The van der Waals surface area contributed by atoms with E-state index < -0.39 is 5.97 Å². The highest BCUT2D eigenvalue weighted by Gasteiger charge is 2.12. The first kappa shape index (κ1) is 16.9. The van der Waals surface area contributed by atoms with Crippen LogP contribution in [0.2, 0.25) is 4.34 Å². The van der Waals surface area contributed by atoms with Crippen LogP contribution < -0.4 is 5.32 Å². The molecule has 22 heavy (non-hydrogen) atoms. The first-order valence-corrected chi connectivity index (χ1v) is 8.70. The number of hydrogen-bond acceptors (Lipinski definition) is 5. The number of carboxylic acid groups (broad SMARTS) is 1. The van der Waals surface area contributed by atoms with Gasteiger partial charge in [0.1, 0.15) is 5.01 Å². The number of thiophene rings is 1. The van der Waals surface area contributed by atoms with Gasteiger partial charge in [0, 0.05) is 18.3 Å². The number of hydrogen-bond donors (Lipinski definition) is 2. The van der Waals surface area contributed by atoms with Crippen molar-refractivity contribution in [1.82, 2.24) is 10.3 Å². The summed E-state index contributed by atoms with van der Waals surface area (Å²) in [5.74, 6) is -1.11. The average molecular weight is 359 g/mol. The normalized spacial score (nSPS) is 12.1. The minimum atomic E-state index is -0.861. The van der Waals surface area contributed by atoms with Gasteiger partial charge >= 0.3 is 5.97 Å². The maximum absolute atomic E-state index is 11.8. The summed E-state index contributed by atoms with van der Waals surface area (Å²) in [6, 6.07) is 3.72. The van der Waals surface area contributed by atoms with Gasteiger partial charge in [0.05, 0.1) is 21.3 Å². The lowest BCUT2D eigenvalue weighted by Gasteiger charge is -2.09. The van der Waals surface area contributed by atoms with Crippen LogP contribution in [0.15, 0.2) is 17.5 Å². The van der Waals surface area contributed by atoms with Crippen LogP contribution in [0, 0.1) is 5.92 Å². The van der Waals surface area contributed by atoms with Gasteiger partial charge < -0.3 is 10.4 Å². The summed E-state index contributed by atoms with van der Waals surface area (Å²) >= 11 is 8.82. The zero-order valence-electron chi connectivity index (χ0n) is 11.8. The Hall–Kier alpha value is -1.44. The van der Waals surface area contributed by atoms with Gasteiger partial charge in [-0.25, -0.2) is 4.98 Å². The fourth-order valence-electron chi connectivity index (χ4n) is 1.82. The first-order chi connectivity index (χ1) is 10.4. The van der Waals surface area contributed by atoms with Crippen molar-refractivity contribution in [2.24, 2.45) is 5.92 Å². The third-order valence-electron chi connectivity index (χ3n) is 2.85. The van der Waals surface area contributed by atoms with Crippen LogP contribution >= 0.6 is 34.3 Å². The van der Waals surface area contributed by atoms with E-state index >= 15 is 0 Å². The molecule has 118 valence electrons. The van der Waals surface area contributed by atoms with Crippen molar-refractivity contribution in [3.05, 3.63) is 27.5 Å². The zero-order chi connectivity index (χ0) is 16.1. The highest BCUT2D eigenvalue weighted by atomic mass is 35.5. The molecule has 0 aliphatic rings. The fourth-order valence-corrected chi connectivity index (χ4v) is 3.75. The van der Waals surface area contributed by atoms with Crippen molar-refractivity contribution in [2.75, 3.05) is 6.54 Å². The summed E-state index contributed by atoms with van der Waals surface area (Å²) in [6.45, 7) is 2.14. The Morgan fingerprint density at radius 1 is 1.45 bits per heavy atom. The molecule has 2 N–H and O–H groups in total. The molecule has 2 aromatic heterocycles. The van der Waals surface area contributed by atoms with E-state index in [0.29, 0.717) is 16.6 Å². The van der Waals surface area contributed by atoms with Gasteiger partial charge in [-0.15, -0.1) is 22.7 Å². The van der Waals surface area contributed by atoms with E-state index in [-0.39, 0.29) is 24.7 Å². The zero-order valence-corrected chi connectivity index (χ0v) is 14.2. The predicted molar refractivity (Wildman–Crippen MR) is 88.6 cm³/mol. The van der Waals surface area contributed by atoms with Gasteiger partial charge in [-0.2, -0.15) is 0 Å². The second-order valence-corrected chi connectivity index (χ2v) is 7.50. The number of aliphatic carboxylic acids is 1. The molecule has 0 saturated carbocycles. The van der Waals surface area contributed by atoms with Gasteiger partial charge in [-0.3, -0.25) is 9.59 Å². The molecule has 5 nitrogen and oxygen atoms in total. The number of carboxylic acids is 1. The quantitative estimate of drug-likeness (QED) is 0.795. The maximum atomic E-state index is 11.8. The Morgan fingerprint density at radius 2 is 2.23 bits per heavy atom. The molecule has 8 heteroatoms. The van der Waals surface area contributed by atoms with Crippen LogP contribution in [0.3, 0.4) is 0 Å². The lowest BCUT2D eigenvalue weighted by atomic mass is 10.1. The van der Waals surface area contributed by atoms with E-state index in [1.807, 2.05) is 17.5 Å². The summed E-state index contributed by atoms with van der Waals surface area (Å²) in [6.07, 6.45) is 0.232. The van der Waals surface area contributed by atoms with Crippen molar-refractivity contribution in [1.29, 1.82) is 0 Å². The Bertz CT molecular complexity index is 669. The minimum Gasteiger partial charge on any atom is -0.481 e. The SMILES string of the molecule is CC(CNC(=O)Cc1csc(-c2ccc(Cl)s2)n1)CC(=O)O. The molecule has 0 spiro atoms.